The van der Waals surface area contributed by atoms with Gasteiger partial charge in [-0.15, -0.1) is 0 Å². The number of hydrogen-bond donors (Lipinski definition) is 0. The zero-order chi connectivity index (χ0) is 20.7. The van der Waals surface area contributed by atoms with E-state index in [2.05, 4.69) is 4.98 Å². The first-order valence-electron chi connectivity index (χ1n) is 9.57. The number of fused-ring (bicyclic) bond motifs is 2. The Morgan fingerprint density at radius 1 is 1.03 bits per heavy atom. The van der Waals surface area contributed by atoms with Gasteiger partial charge in [0.2, 0.25) is 5.76 Å². The zero-order valence-electron chi connectivity index (χ0n) is 16.2. The molecule has 148 valence electrons. The Bertz CT molecular complexity index is 1300. The highest BCUT2D eigenvalue weighted by Gasteiger charge is 2.42. The van der Waals surface area contributed by atoms with Crippen molar-refractivity contribution in [3.05, 3.63) is 106 Å². The molecule has 0 saturated carbocycles. The summed E-state index contributed by atoms with van der Waals surface area (Å²) < 4.78 is 11.2. The number of carbonyl (C=O) groups is 1. The first-order valence-corrected chi connectivity index (χ1v) is 9.57. The van der Waals surface area contributed by atoms with Crippen LogP contribution in [0.5, 0.6) is 5.75 Å². The number of ether oxygens (including phenoxy) is 1. The molecule has 30 heavy (non-hydrogen) atoms. The molecule has 4 aromatic rings. The van der Waals surface area contributed by atoms with Crippen molar-refractivity contribution >= 4 is 16.9 Å². The van der Waals surface area contributed by atoms with Crippen molar-refractivity contribution in [2.75, 3.05) is 7.11 Å². The number of pyridine rings is 1. The van der Waals surface area contributed by atoms with E-state index in [-0.39, 0.29) is 17.1 Å². The van der Waals surface area contributed by atoms with Gasteiger partial charge >= 0.3 is 0 Å². The lowest BCUT2D eigenvalue weighted by Crippen LogP contribution is -2.29. The summed E-state index contributed by atoms with van der Waals surface area (Å²) in [6.07, 6.45) is 3.40. The van der Waals surface area contributed by atoms with E-state index in [9.17, 15) is 9.59 Å². The number of nitrogens with zero attached hydrogens (tertiary/aromatic N) is 2. The number of carbonyl (C=O) groups excluding carboxylic acids is 1. The van der Waals surface area contributed by atoms with E-state index < -0.39 is 6.04 Å². The smallest absolute Gasteiger partial charge is 0.291 e. The average Bonchev–Trinajstić information content (AvgIpc) is 3.06. The van der Waals surface area contributed by atoms with Crippen LogP contribution in [0.1, 0.15) is 33.3 Å². The number of rotatable bonds is 4. The van der Waals surface area contributed by atoms with Gasteiger partial charge in [-0.25, -0.2) is 0 Å². The van der Waals surface area contributed by atoms with Crippen molar-refractivity contribution in [1.82, 2.24) is 9.88 Å². The van der Waals surface area contributed by atoms with E-state index in [1.54, 1.807) is 48.7 Å². The number of hydrogen-bond acceptors (Lipinski definition) is 5. The molecule has 3 heterocycles. The average molecular weight is 398 g/mol. The largest absolute Gasteiger partial charge is 0.497 e. The van der Waals surface area contributed by atoms with Gasteiger partial charge < -0.3 is 14.1 Å². The molecule has 1 aliphatic heterocycles. The minimum Gasteiger partial charge on any atom is -0.497 e. The third-order valence-corrected chi connectivity index (χ3v) is 5.38. The van der Waals surface area contributed by atoms with Crippen LogP contribution in [0.4, 0.5) is 0 Å². The molecule has 0 fully saturated rings. The van der Waals surface area contributed by atoms with Crippen LogP contribution in [-0.2, 0) is 6.54 Å². The third kappa shape index (κ3) is 2.85. The molecule has 0 radical (unpaired) electrons. The fourth-order valence-electron chi connectivity index (χ4n) is 3.95. The molecule has 0 aliphatic carbocycles. The van der Waals surface area contributed by atoms with Gasteiger partial charge in [0.1, 0.15) is 11.3 Å². The zero-order valence-corrected chi connectivity index (χ0v) is 16.2. The van der Waals surface area contributed by atoms with Crippen molar-refractivity contribution in [1.29, 1.82) is 0 Å². The Morgan fingerprint density at radius 2 is 1.83 bits per heavy atom. The minimum absolute atomic E-state index is 0.100. The van der Waals surface area contributed by atoms with E-state index in [0.29, 0.717) is 28.8 Å². The Hall–Kier alpha value is -3.93. The topological polar surface area (TPSA) is 72.6 Å². The fourth-order valence-corrected chi connectivity index (χ4v) is 3.95. The molecule has 6 heteroatoms. The maximum Gasteiger partial charge on any atom is 0.291 e. The lowest BCUT2D eigenvalue weighted by atomic mass is 9.98. The lowest BCUT2D eigenvalue weighted by molar-refractivity contribution is 0.0714. The van der Waals surface area contributed by atoms with E-state index in [0.717, 1.165) is 11.1 Å². The van der Waals surface area contributed by atoms with E-state index in [1.807, 2.05) is 36.4 Å². The summed E-state index contributed by atoms with van der Waals surface area (Å²) in [6, 6.07) is 17.6. The van der Waals surface area contributed by atoms with Crippen LogP contribution >= 0.6 is 0 Å². The molecule has 1 unspecified atom stereocenters. The molecule has 5 rings (SSSR count). The number of amides is 1. The molecular weight excluding hydrogens is 380 g/mol. The van der Waals surface area contributed by atoms with Crippen LogP contribution in [0.15, 0.2) is 82.3 Å². The number of methoxy groups -OCH3 is 1. The molecule has 0 bridgehead atoms. The molecule has 1 amide bonds. The molecule has 0 spiro atoms. The highest BCUT2D eigenvalue weighted by molar-refractivity contribution is 5.99. The maximum atomic E-state index is 13.4. The van der Waals surface area contributed by atoms with Gasteiger partial charge in [0.05, 0.1) is 24.1 Å². The van der Waals surface area contributed by atoms with Gasteiger partial charge in [-0.05, 0) is 41.5 Å². The quantitative estimate of drug-likeness (QED) is 0.521. The van der Waals surface area contributed by atoms with Crippen molar-refractivity contribution in [3.63, 3.8) is 0 Å². The molecule has 6 nitrogen and oxygen atoms in total. The summed E-state index contributed by atoms with van der Waals surface area (Å²) in [7, 11) is 1.60. The molecule has 1 atom stereocenters. The number of benzene rings is 2. The Balaban J connectivity index is 1.71. The van der Waals surface area contributed by atoms with Gasteiger partial charge in [0.25, 0.3) is 5.91 Å². The Morgan fingerprint density at radius 3 is 2.57 bits per heavy atom. The molecule has 0 N–H and O–H groups in total. The van der Waals surface area contributed by atoms with Crippen LogP contribution in [-0.4, -0.2) is 22.9 Å². The Kier molecular flexibility index (Phi) is 4.32. The summed E-state index contributed by atoms with van der Waals surface area (Å²) in [4.78, 5) is 32.6. The van der Waals surface area contributed by atoms with Gasteiger partial charge in [-0.2, -0.15) is 0 Å². The molecule has 2 aromatic heterocycles. The predicted molar refractivity (Wildman–Crippen MR) is 111 cm³/mol. The summed E-state index contributed by atoms with van der Waals surface area (Å²) in [6.45, 7) is 0.309. The van der Waals surface area contributed by atoms with Crippen molar-refractivity contribution in [2.45, 2.75) is 12.6 Å². The maximum absolute atomic E-state index is 13.4. The summed E-state index contributed by atoms with van der Waals surface area (Å²) >= 11 is 0. The van der Waals surface area contributed by atoms with Crippen molar-refractivity contribution in [3.8, 4) is 5.75 Å². The van der Waals surface area contributed by atoms with Gasteiger partial charge in [-0.1, -0.05) is 30.3 Å². The molecule has 2 aromatic carbocycles. The van der Waals surface area contributed by atoms with Crippen LogP contribution in [0, 0.1) is 0 Å². The van der Waals surface area contributed by atoms with Crippen LogP contribution in [0.2, 0.25) is 0 Å². The monoisotopic (exact) mass is 398 g/mol. The van der Waals surface area contributed by atoms with E-state index in [1.165, 1.54) is 0 Å². The molecule has 1 aliphatic rings. The van der Waals surface area contributed by atoms with Gasteiger partial charge in [-0.3, -0.25) is 14.6 Å². The predicted octanol–water partition coefficient (Wildman–Crippen LogP) is 3.94. The van der Waals surface area contributed by atoms with Crippen LogP contribution in [0.3, 0.4) is 0 Å². The summed E-state index contributed by atoms with van der Waals surface area (Å²) in [5.74, 6) is 0.494. The van der Waals surface area contributed by atoms with Crippen molar-refractivity contribution in [2.24, 2.45) is 0 Å². The first-order chi connectivity index (χ1) is 14.7. The highest BCUT2D eigenvalue weighted by atomic mass is 16.5. The minimum atomic E-state index is -0.556. The second kappa shape index (κ2) is 7.15. The van der Waals surface area contributed by atoms with E-state index >= 15 is 0 Å². The molecular formula is C24H18N2O4. The van der Waals surface area contributed by atoms with Gasteiger partial charge in [0, 0.05) is 18.9 Å². The van der Waals surface area contributed by atoms with Crippen LogP contribution < -0.4 is 10.2 Å². The lowest BCUT2D eigenvalue weighted by Gasteiger charge is -2.25. The Labute approximate surface area is 172 Å². The fraction of sp³-hybridized carbons (Fsp3) is 0.125. The molecule has 0 saturated heterocycles. The standard InChI is InChI=1S/C24H18N2O4/c1-29-17-10-8-16(9-11-17)21-20-22(27)18-6-2-3-7-19(18)30-23(20)24(28)26(21)14-15-5-4-12-25-13-15/h2-13,21H,14H2,1H3. The number of para-hydroxylation sites is 1. The third-order valence-electron chi connectivity index (χ3n) is 5.38. The number of aromatic nitrogens is 1. The first kappa shape index (κ1) is 18.1. The highest BCUT2D eigenvalue weighted by Crippen LogP contribution is 2.39. The van der Waals surface area contributed by atoms with Crippen molar-refractivity contribution < 1.29 is 13.9 Å². The normalized spacial score (nSPS) is 15.4. The van der Waals surface area contributed by atoms with Crippen LogP contribution in [0.25, 0.3) is 11.0 Å². The summed E-state index contributed by atoms with van der Waals surface area (Å²) in [5.41, 5.74) is 2.28. The second-order valence-corrected chi connectivity index (χ2v) is 7.14. The van der Waals surface area contributed by atoms with E-state index in [4.69, 9.17) is 9.15 Å². The SMILES string of the molecule is COc1ccc(C2c3c(oc4ccccc4c3=O)C(=O)N2Cc2cccnc2)cc1. The second-order valence-electron chi connectivity index (χ2n) is 7.14. The summed E-state index contributed by atoms with van der Waals surface area (Å²) in [5, 5.41) is 0.464. The van der Waals surface area contributed by atoms with Gasteiger partial charge in [0.15, 0.2) is 5.43 Å².